The summed E-state index contributed by atoms with van der Waals surface area (Å²) < 4.78 is 0. The first-order valence-electron chi connectivity index (χ1n) is 11.6. The molecule has 0 bridgehead atoms. The van der Waals surface area contributed by atoms with Crippen molar-refractivity contribution in [3.05, 3.63) is 59.7 Å². The number of carboxylic acid groups (broad SMARTS) is 2. The Bertz CT molecular complexity index is 957. The zero-order valence-corrected chi connectivity index (χ0v) is 19.9. The van der Waals surface area contributed by atoms with Crippen LogP contribution in [-0.4, -0.2) is 22.2 Å². The van der Waals surface area contributed by atoms with Crippen LogP contribution in [0.4, 0.5) is 0 Å². The molecular weight excluding hydrogens is 400 g/mol. The Balaban J connectivity index is 1.89. The summed E-state index contributed by atoms with van der Waals surface area (Å²) in [5.74, 6) is -1.57. The van der Waals surface area contributed by atoms with Gasteiger partial charge in [0.05, 0.1) is 10.8 Å². The minimum absolute atomic E-state index is 0.0342. The number of aliphatic carboxylic acids is 2. The van der Waals surface area contributed by atoms with Crippen LogP contribution in [0, 0.1) is 16.2 Å². The summed E-state index contributed by atoms with van der Waals surface area (Å²) in [7, 11) is 0. The van der Waals surface area contributed by atoms with Crippen molar-refractivity contribution in [2.24, 2.45) is 16.2 Å². The molecule has 0 radical (unpaired) electrons. The highest BCUT2D eigenvalue weighted by molar-refractivity contribution is 5.80. The fourth-order valence-electron chi connectivity index (χ4n) is 5.22. The van der Waals surface area contributed by atoms with E-state index in [1.165, 1.54) is 22.3 Å². The Morgan fingerprint density at radius 3 is 1.72 bits per heavy atom. The molecule has 1 aliphatic carbocycles. The van der Waals surface area contributed by atoms with Gasteiger partial charge in [-0.3, -0.25) is 9.59 Å². The molecule has 2 N–H and O–H groups in total. The molecule has 2 aromatic rings. The second-order valence-electron chi connectivity index (χ2n) is 10.6. The highest BCUT2D eigenvalue weighted by Gasteiger charge is 2.46. The molecule has 0 saturated carbocycles. The van der Waals surface area contributed by atoms with Crippen molar-refractivity contribution in [2.45, 2.75) is 72.6 Å². The molecule has 172 valence electrons. The lowest BCUT2D eigenvalue weighted by molar-refractivity contribution is -0.155. The lowest BCUT2D eigenvalue weighted by Gasteiger charge is -2.39. The molecule has 0 spiro atoms. The third kappa shape index (κ3) is 4.07. The Morgan fingerprint density at radius 2 is 1.31 bits per heavy atom. The summed E-state index contributed by atoms with van der Waals surface area (Å²) in [5, 5.41) is 20.3. The lowest BCUT2D eigenvalue weighted by Crippen LogP contribution is -2.41. The van der Waals surface area contributed by atoms with E-state index in [4.69, 9.17) is 0 Å². The Labute approximate surface area is 191 Å². The fourth-order valence-corrected chi connectivity index (χ4v) is 5.22. The van der Waals surface area contributed by atoms with E-state index in [1.807, 2.05) is 52.0 Å². The van der Waals surface area contributed by atoms with E-state index >= 15 is 0 Å². The first kappa shape index (κ1) is 24.0. The maximum atomic E-state index is 12.6. The minimum atomic E-state index is -0.905. The summed E-state index contributed by atoms with van der Waals surface area (Å²) in [4.78, 5) is 24.7. The molecule has 0 fully saturated rings. The monoisotopic (exact) mass is 436 g/mol. The molecule has 0 aromatic heterocycles. The quantitative estimate of drug-likeness (QED) is 0.445. The molecule has 32 heavy (non-hydrogen) atoms. The molecule has 2 unspecified atom stereocenters. The molecule has 1 aliphatic rings. The van der Waals surface area contributed by atoms with Crippen LogP contribution in [0.5, 0.6) is 0 Å². The van der Waals surface area contributed by atoms with Crippen molar-refractivity contribution >= 4 is 11.9 Å². The van der Waals surface area contributed by atoms with Crippen LogP contribution in [0.3, 0.4) is 0 Å². The zero-order valence-electron chi connectivity index (χ0n) is 19.9. The predicted molar refractivity (Wildman–Crippen MR) is 128 cm³/mol. The number of hydrogen-bond donors (Lipinski definition) is 2. The van der Waals surface area contributed by atoms with E-state index in [9.17, 15) is 19.8 Å². The van der Waals surface area contributed by atoms with Crippen LogP contribution in [-0.2, 0) is 9.59 Å². The van der Waals surface area contributed by atoms with E-state index in [0.717, 1.165) is 0 Å². The highest BCUT2D eigenvalue weighted by Crippen LogP contribution is 2.52. The summed E-state index contributed by atoms with van der Waals surface area (Å²) in [6.07, 6.45) is 2.53. The topological polar surface area (TPSA) is 74.6 Å². The minimum Gasteiger partial charge on any atom is -0.481 e. The lowest BCUT2D eigenvalue weighted by atomic mass is 9.64. The summed E-state index contributed by atoms with van der Waals surface area (Å²) in [6, 6.07) is 16.6. The van der Waals surface area contributed by atoms with Gasteiger partial charge in [-0.15, -0.1) is 0 Å². The number of carbonyl (C=O) groups is 2. The van der Waals surface area contributed by atoms with Gasteiger partial charge in [0.25, 0.3) is 0 Å². The molecule has 0 heterocycles. The Kier molecular flexibility index (Phi) is 6.55. The van der Waals surface area contributed by atoms with Gasteiger partial charge in [-0.25, -0.2) is 0 Å². The van der Waals surface area contributed by atoms with Gasteiger partial charge < -0.3 is 10.2 Å². The summed E-state index contributed by atoms with van der Waals surface area (Å²) in [6.45, 7) is 9.56. The average Bonchev–Trinajstić information content (AvgIpc) is 3.05. The molecule has 4 nitrogen and oxygen atoms in total. The number of benzene rings is 2. The largest absolute Gasteiger partial charge is 0.481 e. The molecule has 4 heteroatoms. The van der Waals surface area contributed by atoms with Crippen LogP contribution in [0.1, 0.15) is 83.8 Å². The normalized spacial score (nSPS) is 17.2. The second-order valence-corrected chi connectivity index (χ2v) is 10.6. The van der Waals surface area contributed by atoms with Crippen LogP contribution in [0.15, 0.2) is 48.5 Å². The number of rotatable bonds is 9. The van der Waals surface area contributed by atoms with Crippen LogP contribution < -0.4 is 0 Å². The Hall–Kier alpha value is -2.62. The molecule has 2 aromatic carbocycles. The summed E-state index contributed by atoms with van der Waals surface area (Å²) >= 11 is 0. The maximum absolute atomic E-state index is 12.6. The van der Waals surface area contributed by atoms with Crippen molar-refractivity contribution in [3.8, 4) is 11.1 Å². The molecule has 0 saturated heterocycles. The van der Waals surface area contributed by atoms with Gasteiger partial charge in [0.1, 0.15) is 0 Å². The van der Waals surface area contributed by atoms with Gasteiger partial charge in [-0.2, -0.15) is 0 Å². The zero-order chi connectivity index (χ0) is 23.7. The SMILES string of the molecule is CCC(CCCC(C)(C(=O)O)C(C)(C)C)(CC1c2ccccc2-c2ccccc21)C(=O)O. The average molecular weight is 437 g/mol. The van der Waals surface area contributed by atoms with Gasteiger partial charge >= 0.3 is 11.9 Å². The van der Waals surface area contributed by atoms with Crippen molar-refractivity contribution in [3.63, 3.8) is 0 Å². The standard InChI is InChI=1S/C28H36O4/c1-6-28(25(31)32,17-11-16-27(5,24(29)30)26(2,3)4)18-23-21-14-9-7-12-19(21)20-13-8-10-15-22(20)23/h7-10,12-15,23H,6,11,16-18H2,1-5H3,(H,29,30)(H,31,32). The molecule has 0 aliphatic heterocycles. The fraction of sp³-hybridized carbons (Fsp3) is 0.500. The van der Waals surface area contributed by atoms with Crippen molar-refractivity contribution in [2.75, 3.05) is 0 Å². The van der Waals surface area contributed by atoms with Crippen molar-refractivity contribution < 1.29 is 19.8 Å². The van der Waals surface area contributed by atoms with E-state index < -0.39 is 28.2 Å². The first-order chi connectivity index (χ1) is 15.0. The Morgan fingerprint density at radius 1 is 0.812 bits per heavy atom. The third-order valence-corrected chi connectivity index (χ3v) is 8.15. The van der Waals surface area contributed by atoms with Crippen LogP contribution in [0.25, 0.3) is 11.1 Å². The molecular formula is C28H36O4. The van der Waals surface area contributed by atoms with Crippen LogP contribution in [0.2, 0.25) is 0 Å². The maximum Gasteiger partial charge on any atom is 0.309 e. The first-order valence-corrected chi connectivity index (χ1v) is 11.6. The van der Waals surface area contributed by atoms with Crippen LogP contribution >= 0.6 is 0 Å². The molecule has 0 amide bonds. The highest BCUT2D eigenvalue weighted by atomic mass is 16.4. The van der Waals surface area contributed by atoms with Gasteiger partial charge in [0, 0.05) is 5.92 Å². The van der Waals surface area contributed by atoms with E-state index in [1.54, 1.807) is 6.92 Å². The van der Waals surface area contributed by atoms with E-state index in [-0.39, 0.29) is 5.92 Å². The van der Waals surface area contributed by atoms with Crippen molar-refractivity contribution in [1.82, 2.24) is 0 Å². The second kappa shape index (κ2) is 8.73. The van der Waals surface area contributed by atoms with Gasteiger partial charge in [-0.05, 0) is 60.3 Å². The summed E-state index contributed by atoms with van der Waals surface area (Å²) in [5.41, 5.74) is 2.55. The van der Waals surface area contributed by atoms with Gasteiger partial charge in [-0.1, -0.05) is 82.6 Å². The van der Waals surface area contributed by atoms with Gasteiger partial charge in [0.15, 0.2) is 0 Å². The van der Waals surface area contributed by atoms with Gasteiger partial charge in [0.2, 0.25) is 0 Å². The molecule has 3 rings (SSSR count). The van der Waals surface area contributed by atoms with E-state index in [2.05, 4.69) is 24.3 Å². The predicted octanol–water partition coefficient (Wildman–Crippen LogP) is 6.98. The molecule has 2 atom stereocenters. The van der Waals surface area contributed by atoms with Crippen molar-refractivity contribution in [1.29, 1.82) is 0 Å². The third-order valence-electron chi connectivity index (χ3n) is 8.15. The van der Waals surface area contributed by atoms with E-state index in [0.29, 0.717) is 32.1 Å². The number of hydrogen-bond acceptors (Lipinski definition) is 2. The smallest absolute Gasteiger partial charge is 0.309 e. The number of fused-ring (bicyclic) bond motifs is 3. The number of carboxylic acids is 2.